The summed E-state index contributed by atoms with van der Waals surface area (Å²) in [5, 5.41) is 0. The van der Waals surface area contributed by atoms with Crippen molar-refractivity contribution in [3.05, 3.63) is 59.2 Å². The van der Waals surface area contributed by atoms with Gasteiger partial charge in [-0.3, -0.25) is 14.4 Å². The monoisotopic (exact) mass is 411 g/mol. The summed E-state index contributed by atoms with van der Waals surface area (Å²) in [6.07, 6.45) is 1.61. The van der Waals surface area contributed by atoms with Gasteiger partial charge in [-0.15, -0.1) is 11.8 Å². The predicted octanol–water partition coefficient (Wildman–Crippen LogP) is 4.34. The normalized spacial score (nSPS) is 13.6. The zero-order valence-electron chi connectivity index (χ0n) is 16.8. The molecule has 0 bridgehead atoms. The summed E-state index contributed by atoms with van der Waals surface area (Å²) in [5.74, 6) is 0.0127. The van der Waals surface area contributed by atoms with Crippen molar-refractivity contribution in [3.8, 4) is 0 Å². The van der Waals surface area contributed by atoms with Crippen LogP contribution in [0.3, 0.4) is 0 Å². The van der Waals surface area contributed by atoms with Crippen molar-refractivity contribution in [2.75, 3.05) is 23.8 Å². The summed E-state index contributed by atoms with van der Waals surface area (Å²) < 4.78 is 5.14. The third-order valence-corrected chi connectivity index (χ3v) is 5.97. The Morgan fingerprint density at radius 2 is 1.93 bits per heavy atom. The van der Waals surface area contributed by atoms with E-state index in [1.54, 1.807) is 34.9 Å². The van der Waals surface area contributed by atoms with Crippen LogP contribution in [0.1, 0.15) is 40.7 Å². The van der Waals surface area contributed by atoms with Crippen LogP contribution in [-0.2, 0) is 14.3 Å². The van der Waals surface area contributed by atoms with Gasteiger partial charge in [-0.1, -0.05) is 18.2 Å². The van der Waals surface area contributed by atoms with Gasteiger partial charge in [-0.25, -0.2) is 0 Å². The van der Waals surface area contributed by atoms with Crippen molar-refractivity contribution in [3.63, 3.8) is 0 Å². The first kappa shape index (κ1) is 21.1. The summed E-state index contributed by atoms with van der Waals surface area (Å²) in [7, 11) is 0. The smallest absolute Gasteiger partial charge is 0.307 e. The molecule has 0 unspecified atom stereocenters. The number of carbonyl (C=O) groups is 3. The number of carbonyl (C=O) groups excluding carboxylic acids is 3. The number of rotatable bonds is 8. The Bertz CT molecular complexity index is 925. The number of thioether (sulfide) groups is 1. The third-order valence-electron chi connectivity index (χ3n) is 4.97. The number of anilines is 1. The van der Waals surface area contributed by atoms with E-state index in [0.717, 1.165) is 17.0 Å². The maximum absolute atomic E-state index is 12.4. The number of hydrogen-bond donors (Lipinski definition) is 0. The van der Waals surface area contributed by atoms with E-state index in [-0.39, 0.29) is 30.7 Å². The number of hydrogen-bond acceptors (Lipinski definition) is 5. The molecule has 0 N–H and O–H groups in total. The Morgan fingerprint density at radius 3 is 2.66 bits per heavy atom. The average molecular weight is 412 g/mol. The fourth-order valence-corrected chi connectivity index (χ4v) is 4.05. The quantitative estimate of drug-likeness (QED) is 0.367. The lowest BCUT2D eigenvalue weighted by atomic mass is 10.1. The van der Waals surface area contributed by atoms with Crippen molar-refractivity contribution in [2.45, 2.75) is 38.0 Å². The minimum Gasteiger partial charge on any atom is -0.457 e. The predicted molar refractivity (Wildman–Crippen MR) is 115 cm³/mol. The van der Waals surface area contributed by atoms with E-state index in [2.05, 4.69) is 26.0 Å². The van der Waals surface area contributed by atoms with Gasteiger partial charge in [-0.05, 0) is 55.7 Å². The topological polar surface area (TPSA) is 63.7 Å². The SMILES string of the molecule is Cc1ccc(SCCC(=O)OCC(=O)c2cccc(N3CCCC3=O)c2)cc1C. The van der Waals surface area contributed by atoms with Gasteiger partial charge in [0.05, 0.1) is 6.42 Å². The van der Waals surface area contributed by atoms with Crippen LogP contribution in [0.5, 0.6) is 0 Å². The van der Waals surface area contributed by atoms with E-state index in [9.17, 15) is 14.4 Å². The zero-order chi connectivity index (χ0) is 20.8. The number of aryl methyl sites for hydroxylation is 2. The average Bonchev–Trinajstić information content (AvgIpc) is 3.15. The van der Waals surface area contributed by atoms with Crippen molar-refractivity contribution in [1.29, 1.82) is 0 Å². The first-order chi connectivity index (χ1) is 13.9. The number of benzene rings is 2. The molecule has 2 aromatic carbocycles. The maximum Gasteiger partial charge on any atom is 0.307 e. The highest BCUT2D eigenvalue weighted by atomic mass is 32.2. The molecule has 0 saturated carbocycles. The Hall–Kier alpha value is -2.60. The fraction of sp³-hybridized carbons (Fsp3) is 0.348. The van der Waals surface area contributed by atoms with Crippen LogP contribution < -0.4 is 4.90 Å². The van der Waals surface area contributed by atoms with Gasteiger partial charge >= 0.3 is 5.97 Å². The van der Waals surface area contributed by atoms with Crippen LogP contribution in [0.25, 0.3) is 0 Å². The lowest BCUT2D eigenvalue weighted by molar-refractivity contribution is -0.142. The molecule has 0 radical (unpaired) electrons. The van der Waals surface area contributed by atoms with Gasteiger partial charge in [-0.2, -0.15) is 0 Å². The van der Waals surface area contributed by atoms with Gasteiger partial charge in [0.2, 0.25) is 5.91 Å². The number of ether oxygens (including phenoxy) is 1. The zero-order valence-corrected chi connectivity index (χ0v) is 17.6. The molecule has 152 valence electrons. The molecule has 6 heteroatoms. The van der Waals surface area contributed by atoms with Crippen molar-refractivity contribution in [1.82, 2.24) is 0 Å². The molecule has 1 aliphatic heterocycles. The third kappa shape index (κ3) is 5.70. The highest BCUT2D eigenvalue weighted by Crippen LogP contribution is 2.23. The largest absolute Gasteiger partial charge is 0.457 e. The second-order valence-electron chi connectivity index (χ2n) is 7.13. The Labute approximate surface area is 175 Å². The Morgan fingerprint density at radius 1 is 1.10 bits per heavy atom. The molecule has 0 aliphatic carbocycles. The van der Waals surface area contributed by atoms with Crippen LogP contribution in [-0.4, -0.2) is 36.6 Å². The van der Waals surface area contributed by atoms with E-state index in [4.69, 9.17) is 4.74 Å². The number of Topliss-reactive ketones (excluding diaryl/α,β-unsaturated/α-hetero) is 1. The van der Waals surface area contributed by atoms with Crippen LogP contribution in [0.15, 0.2) is 47.4 Å². The van der Waals surface area contributed by atoms with Gasteiger partial charge in [0.15, 0.2) is 12.4 Å². The van der Waals surface area contributed by atoms with Crippen LogP contribution in [0, 0.1) is 13.8 Å². The molecule has 1 amide bonds. The molecule has 0 spiro atoms. The fourth-order valence-electron chi connectivity index (χ4n) is 3.13. The maximum atomic E-state index is 12.4. The molecule has 0 aromatic heterocycles. The van der Waals surface area contributed by atoms with Gasteiger partial charge in [0, 0.05) is 34.9 Å². The standard InChI is InChI=1S/C23H25NO4S/c1-16-8-9-20(13-17(16)2)29-12-10-23(27)28-15-21(25)18-5-3-6-19(14-18)24-11-4-7-22(24)26/h3,5-6,8-9,13-14H,4,7,10-12,15H2,1-2H3. The highest BCUT2D eigenvalue weighted by Gasteiger charge is 2.22. The first-order valence-corrected chi connectivity index (χ1v) is 10.7. The number of nitrogens with zero attached hydrogens (tertiary/aromatic N) is 1. The van der Waals surface area contributed by atoms with Gasteiger partial charge in [0.25, 0.3) is 0 Å². The van der Waals surface area contributed by atoms with Crippen molar-refractivity contribution < 1.29 is 19.1 Å². The molecule has 1 saturated heterocycles. The lowest BCUT2D eigenvalue weighted by Gasteiger charge is -2.16. The molecule has 1 aliphatic rings. The minimum absolute atomic E-state index is 0.0716. The second-order valence-corrected chi connectivity index (χ2v) is 8.30. The number of amides is 1. The van der Waals surface area contributed by atoms with E-state index in [0.29, 0.717) is 24.3 Å². The molecular weight excluding hydrogens is 386 g/mol. The lowest BCUT2D eigenvalue weighted by Crippen LogP contribution is -2.24. The highest BCUT2D eigenvalue weighted by molar-refractivity contribution is 7.99. The van der Waals surface area contributed by atoms with E-state index in [1.165, 1.54) is 11.1 Å². The molecule has 2 aromatic rings. The van der Waals surface area contributed by atoms with Crippen LogP contribution >= 0.6 is 11.8 Å². The minimum atomic E-state index is -0.388. The number of ketones is 1. The van der Waals surface area contributed by atoms with Gasteiger partial charge in [0.1, 0.15) is 0 Å². The molecular formula is C23H25NO4S. The van der Waals surface area contributed by atoms with E-state index < -0.39 is 0 Å². The molecule has 1 fully saturated rings. The summed E-state index contributed by atoms with van der Waals surface area (Å²) in [5.41, 5.74) is 3.63. The summed E-state index contributed by atoms with van der Waals surface area (Å²) in [4.78, 5) is 39.0. The number of esters is 1. The Balaban J connectivity index is 1.45. The molecule has 29 heavy (non-hydrogen) atoms. The molecule has 3 rings (SSSR count). The van der Waals surface area contributed by atoms with E-state index in [1.807, 2.05) is 12.1 Å². The van der Waals surface area contributed by atoms with Crippen molar-refractivity contribution in [2.24, 2.45) is 0 Å². The first-order valence-electron chi connectivity index (χ1n) is 9.73. The van der Waals surface area contributed by atoms with Crippen LogP contribution in [0.2, 0.25) is 0 Å². The summed E-state index contributed by atoms with van der Waals surface area (Å²) >= 11 is 1.60. The van der Waals surface area contributed by atoms with Crippen molar-refractivity contribution >= 4 is 35.1 Å². The van der Waals surface area contributed by atoms with Gasteiger partial charge < -0.3 is 9.64 Å². The summed E-state index contributed by atoms with van der Waals surface area (Å²) in [6, 6.07) is 13.1. The molecule has 5 nitrogen and oxygen atoms in total. The summed E-state index contributed by atoms with van der Waals surface area (Å²) in [6.45, 7) is 4.51. The Kier molecular flexibility index (Phi) is 7.09. The van der Waals surface area contributed by atoms with E-state index >= 15 is 0 Å². The molecule has 0 atom stereocenters. The second kappa shape index (κ2) is 9.74. The van der Waals surface area contributed by atoms with Crippen LogP contribution in [0.4, 0.5) is 5.69 Å². The molecule has 1 heterocycles.